The van der Waals surface area contributed by atoms with Crippen molar-refractivity contribution in [2.75, 3.05) is 13.7 Å². The Kier molecular flexibility index (Phi) is 6.97. The molecule has 2 amide bonds. The lowest BCUT2D eigenvalue weighted by Crippen LogP contribution is -2.39. The largest absolute Gasteiger partial charge is 0.496 e. The van der Waals surface area contributed by atoms with Gasteiger partial charge in [-0.25, -0.2) is 4.98 Å². The van der Waals surface area contributed by atoms with E-state index in [0.29, 0.717) is 16.6 Å². The number of halogens is 2. The van der Waals surface area contributed by atoms with E-state index in [4.69, 9.17) is 27.9 Å². The van der Waals surface area contributed by atoms with E-state index >= 15 is 0 Å². The summed E-state index contributed by atoms with van der Waals surface area (Å²) in [5, 5.41) is 6.11. The van der Waals surface area contributed by atoms with Gasteiger partial charge >= 0.3 is 0 Å². The molecule has 2 N–H and O–H groups in total. The van der Waals surface area contributed by atoms with Crippen molar-refractivity contribution >= 4 is 35.0 Å². The maximum absolute atomic E-state index is 12.6. The number of hydrogen-bond acceptors (Lipinski definition) is 4. The Balaban J connectivity index is 1.75. The highest BCUT2D eigenvalue weighted by Gasteiger charge is 2.24. The van der Waals surface area contributed by atoms with Crippen LogP contribution >= 0.6 is 23.2 Å². The maximum Gasteiger partial charge on any atom is 0.253 e. The molecule has 9 heteroatoms. The van der Waals surface area contributed by atoms with Crippen LogP contribution in [-0.4, -0.2) is 35.0 Å². The second-order valence-corrected chi connectivity index (χ2v) is 7.29. The summed E-state index contributed by atoms with van der Waals surface area (Å²) in [6.07, 6.45) is 3.43. The summed E-state index contributed by atoms with van der Waals surface area (Å²) in [4.78, 5) is 29.4. The van der Waals surface area contributed by atoms with E-state index in [9.17, 15) is 9.59 Å². The molecule has 1 atom stereocenters. The molecule has 0 saturated carbocycles. The van der Waals surface area contributed by atoms with Gasteiger partial charge in [0.15, 0.2) is 0 Å². The van der Waals surface area contributed by atoms with E-state index in [-0.39, 0.29) is 17.1 Å². The Morgan fingerprint density at radius 1 is 1.20 bits per heavy atom. The third-order valence-corrected chi connectivity index (χ3v) is 5.00. The highest BCUT2D eigenvalue weighted by atomic mass is 35.5. The van der Waals surface area contributed by atoms with E-state index in [1.807, 2.05) is 35.9 Å². The highest BCUT2D eigenvalue weighted by Crippen LogP contribution is 2.29. The van der Waals surface area contributed by atoms with Gasteiger partial charge in [-0.3, -0.25) is 9.59 Å². The average molecular weight is 447 g/mol. The molecule has 0 aliphatic heterocycles. The quantitative estimate of drug-likeness (QED) is 0.582. The van der Waals surface area contributed by atoms with Crippen molar-refractivity contribution in [2.24, 2.45) is 7.05 Å². The Hall–Kier alpha value is -3.03. The van der Waals surface area contributed by atoms with Crippen molar-refractivity contribution in [3.63, 3.8) is 0 Å². The molecule has 30 heavy (non-hydrogen) atoms. The topological polar surface area (TPSA) is 85.2 Å². The standard InChI is InChI=1S/C21H20Cl2N4O3/c1-27-10-9-24-20(27)19(15-5-3-4-6-17(15)30-2)26-18(28)12-25-21(29)14-8-7-13(22)11-16(14)23/h3-11,19H,12H2,1-2H3,(H,25,29)(H,26,28). The molecule has 0 fully saturated rings. The molecule has 3 rings (SSSR count). The minimum Gasteiger partial charge on any atom is -0.496 e. The molecule has 1 unspecified atom stereocenters. The number of nitrogens with zero attached hydrogens (tertiary/aromatic N) is 2. The molecule has 3 aromatic rings. The number of carbonyl (C=O) groups excluding carboxylic acids is 2. The number of ether oxygens (including phenoxy) is 1. The summed E-state index contributed by atoms with van der Waals surface area (Å²) in [7, 11) is 3.40. The van der Waals surface area contributed by atoms with Crippen LogP contribution in [0.5, 0.6) is 5.75 Å². The maximum atomic E-state index is 12.6. The van der Waals surface area contributed by atoms with Gasteiger partial charge in [-0.05, 0) is 24.3 Å². The average Bonchev–Trinajstić information content (AvgIpc) is 3.16. The van der Waals surface area contributed by atoms with Crippen LogP contribution in [0.25, 0.3) is 0 Å². The minimum atomic E-state index is -0.565. The van der Waals surface area contributed by atoms with Gasteiger partial charge < -0.3 is 19.9 Å². The monoisotopic (exact) mass is 446 g/mol. The third-order valence-electron chi connectivity index (χ3n) is 4.46. The van der Waals surface area contributed by atoms with Crippen LogP contribution < -0.4 is 15.4 Å². The molecule has 0 spiro atoms. The Labute approximate surface area is 184 Å². The first-order chi connectivity index (χ1) is 14.4. The second-order valence-electron chi connectivity index (χ2n) is 6.45. The van der Waals surface area contributed by atoms with Crippen LogP contribution in [-0.2, 0) is 11.8 Å². The molecule has 0 radical (unpaired) electrons. The molecule has 0 saturated heterocycles. The van der Waals surface area contributed by atoms with Crippen LogP contribution in [0, 0.1) is 0 Å². The first-order valence-corrected chi connectivity index (χ1v) is 9.79. The summed E-state index contributed by atoms with van der Waals surface area (Å²) in [5.74, 6) is 0.368. The lowest BCUT2D eigenvalue weighted by atomic mass is 10.0. The van der Waals surface area contributed by atoms with E-state index < -0.39 is 17.9 Å². The van der Waals surface area contributed by atoms with Crippen molar-refractivity contribution in [3.8, 4) is 5.75 Å². The summed E-state index contributed by atoms with van der Waals surface area (Å²) in [6.45, 7) is -0.242. The second kappa shape index (κ2) is 9.65. The lowest BCUT2D eigenvalue weighted by Gasteiger charge is -2.21. The van der Waals surface area contributed by atoms with Crippen molar-refractivity contribution in [3.05, 3.63) is 81.9 Å². The zero-order valence-corrected chi connectivity index (χ0v) is 17.9. The Bertz CT molecular complexity index is 1070. The molecular weight excluding hydrogens is 427 g/mol. The highest BCUT2D eigenvalue weighted by molar-refractivity contribution is 6.36. The van der Waals surface area contributed by atoms with E-state index in [1.165, 1.54) is 12.1 Å². The summed E-state index contributed by atoms with van der Waals surface area (Å²) < 4.78 is 7.25. The van der Waals surface area contributed by atoms with E-state index in [1.54, 1.807) is 25.6 Å². The molecule has 1 aromatic heterocycles. The molecular formula is C21H20Cl2N4O3. The van der Waals surface area contributed by atoms with Crippen molar-refractivity contribution < 1.29 is 14.3 Å². The number of benzene rings is 2. The molecule has 2 aromatic carbocycles. The number of methoxy groups -OCH3 is 1. The van der Waals surface area contributed by atoms with E-state index in [0.717, 1.165) is 5.56 Å². The van der Waals surface area contributed by atoms with Crippen molar-refractivity contribution in [1.82, 2.24) is 20.2 Å². The van der Waals surface area contributed by atoms with Crippen LogP contribution in [0.15, 0.2) is 54.9 Å². The first-order valence-electron chi connectivity index (χ1n) is 9.03. The molecule has 0 aliphatic rings. The smallest absolute Gasteiger partial charge is 0.253 e. The van der Waals surface area contributed by atoms with Crippen molar-refractivity contribution in [1.29, 1.82) is 0 Å². The van der Waals surface area contributed by atoms with Gasteiger partial charge in [0.05, 0.1) is 24.2 Å². The zero-order valence-electron chi connectivity index (χ0n) is 16.4. The number of rotatable bonds is 7. The van der Waals surface area contributed by atoms with Gasteiger partial charge in [0.2, 0.25) is 5.91 Å². The number of aryl methyl sites for hydroxylation is 1. The zero-order chi connectivity index (χ0) is 21.7. The molecule has 1 heterocycles. The molecule has 0 aliphatic carbocycles. The van der Waals surface area contributed by atoms with Crippen molar-refractivity contribution in [2.45, 2.75) is 6.04 Å². The molecule has 156 valence electrons. The number of aromatic nitrogens is 2. The van der Waals surface area contributed by atoms with Gasteiger partial charge in [-0.15, -0.1) is 0 Å². The summed E-state index contributed by atoms with van der Waals surface area (Å²) >= 11 is 11.9. The Morgan fingerprint density at radius 3 is 2.63 bits per heavy atom. The van der Waals surface area contributed by atoms with Gasteiger partial charge in [-0.1, -0.05) is 41.4 Å². The fourth-order valence-corrected chi connectivity index (χ4v) is 3.48. The summed E-state index contributed by atoms with van der Waals surface area (Å²) in [6, 6.07) is 11.3. The first kappa shape index (κ1) is 21.7. The molecule has 7 nitrogen and oxygen atoms in total. The van der Waals surface area contributed by atoms with Gasteiger partial charge in [-0.2, -0.15) is 0 Å². The fraction of sp³-hybridized carbons (Fsp3) is 0.190. The predicted molar refractivity (Wildman–Crippen MR) is 115 cm³/mol. The Morgan fingerprint density at radius 2 is 1.97 bits per heavy atom. The normalized spacial score (nSPS) is 11.6. The number of para-hydroxylation sites is 1. The van der Waals surface area contributed by atoms with Gasteiger partial charge in [0.1, 0.15) is 17.6 Å². The van der Waals surface area contributed by atoms with Gasteiger partial charge in [0, 0.05) is 30.0 Å². The predicted octanol–water partition coefficient (Wildman–Crippen LogP) is 3.37. The minimum absolute atomic E-state index is 0.209. The third kappa shape index (κ3) is 4.93. The number of imidazole rings is 1. The fourth-order valence-electron chi connectivity index (χ4n) is 2.98. The number of hydrogen-bond donors (Lipinski definition) is 2. The van der Waals surface area contributed by atoms with Gasteiger partial charge in [0.25, 0.3) is 5.91 Å². The summed E-state index contributed by atoms with van der Waals surface area (Å²) in [5.41, 5.74) is 0.981. The van der Waals surface area contributed by atoms with Crippen LogP contribution in [0.4, 0.5) is 0 Å². The lowest BCUT2D eigenvalue weighted by molar-refractivity contribution is -0.120. The van der Waals surface area contributed by atoms with Crippen LogP contribution in [0.1, 0.15) is 27.8 Å². The van der Waals surface area contributed by atoms with Crippen LogP contribution in [0.2, 0.25) is 10.0 Å². The number of carbonyl (C=O) groups is 2. The number of amides is 2. The van der Waals surface area contributed by atoms with Crippen LogP contribution in [0.3, 0.4) is 0 Å². The van der Waals surface area contributed by atoms with E-state index in [2.05, 4.69) is 15.6 Å². The molecule has 0 bridgehead atoms. The number of nitrogens with one attached hydrogen (secondary N) is 2. The SMILES string of the molecule is COc1ccccc1C(NC(=O)CNC(=O)c1ccc(Cl)cc1Cl)c1nccn1C.